The maximum Gasteiger partial charge on any atom is 0.271 e. The van der Waals surface area contributed by atoms with E-state index in [0.29, 0.717) is 18.2 Å². The summed E-state index contributed by atoms with van der Waals surface area (Å²) >= 11 is 0. The lowest BCUT2D eigenvalue weighted by Gasteiger charge is -2.16. The van der Waals surface area contributed by atoms with Crippen LogP contribution in [0.1, 0.15) is 35.3 Å². The van der Waals surface area contributed by atoms with Crippen molar-refractivity contribution in [2.45, 2.75) is 20.3 Å². The summed E-state index contributed by atoms with van der Waals surface area (Å²) < 4.78 is 5.35. The molecule has 1 saturated heterocycles. The molecule has 0 radical (unpaired) electrons. The number of carbonyl (C=O) groups is 1. The van der Waals surface area contributed by atoms with E-state index in [-0.39, 0.29) is 5.91 Å². The molecule has 0 spiro atoms. The van der Waals surface area contributed by atoms with Crippen molar-refractivity contribution in [2.75, 3.05) is 26.2 Å². The first-order valence-electron chi connectivity index (χ1n) is 8.60. The number of amides is 1. The molecule has 1 aliphatic heterocycles. The minimum absolute atomic E-state index is 0.153. The van der Waals surface area contributed by atoms with Gasteiger partial charge < -0.3 is 9.73 Å². The Hall–Kier alpha value is -2.47. The fourth-order valence-electron chi connectivity index (χ4n) is 3.08. The number of likely N-dealkylation sites (tertiary alicyclic amines) is 1. The fraction of sp³-hybridized carbons (Fsp3) is 0.421. The van der Waals surface area contributed by atoms with Crippen molar-refractivity contribution in [3.05, 3.63) is 53.5 Å². The van der Waals surface area contributed by atoms with Gasteiger partial charge in [-0.3, -0.25) is 14.7 Å². The van der Waals surface area contributed by atoms with Gasteiger partial charge in [-0.1, -0.05) is 5.57 Å². The van der Waals surface area contributed by atoms with Crippen molar-refractivity contribution in [3.63, 3.8) is 0 Å². The zero-order chi connectivity index (χ0) is 17.6. The highest BCUT2D eigenvalue weighted by Gasteiger charge is 2.23. The summed E-state index contributed by atoms with van der Waals surface area (Å²) in [6.07, 6.45) is 7.99. The van der Waals surface area contributed by atoms with Gasteiger partial charge in [0.1, 0.15) is 11.5 Å². The molecule has 1 fully saturated rings. The second kappa shape index (κ2) is 8.07. The molecule has 0 aromatic carbocycles. The van der Waals surface area contributed by atoms with Crippen molar-refractivity contribution in [3.8, 4) is 0 Å². The summed E-state index contributed by atoms with van der Waals surface area (Å²) in [7, 11) is 0. The molecule has 0 bridgehead atoms. The van der Waals surface area contributed by atoms with E-state index >= 15 is 0 Å². The Bertz CT molecular complexity index is 722. The molecule has 25 heavy (non-hydrogen) atoms. The Labute approximate surface area is 148 Å². The van der Waals surface area contributed by atoms with Gasteiger partial charge in [0.05, 0.1) is 18.2 Å². The molecule has 1 amide bonds. The third-order valence-electron chi connectivity index (χ3n) is 4.34. The van der Waals surface area contributed by atoms with Gasteiger partial charge in [-0.05, 0) is 50.9 Å². The third kappa shape index (κ3) is 5.00. The standard InChI is InChI=1S/C19H24N4O2/c1-14(8-17-4-3-7-25-17)12-23-6-5-16(13-23)10-22-19(24)18-11-20-15(2)9-21-18/h3-4,7-9,11,16H,5-6,10,12-13H2,1-2H3,(H,22,24). The van der Waals surface area contributed by atoms with Gasteiger partial charge in [0.25, 0.3) is 5.91 Å². The molecule has 6 nitrogen and oxygen atoms in total. The molecule has 1 aliphatic rings. The molecule has 3 heterocycles. The molecule has 1 unspecified atom stereocenters. The molecular formula is C19H24N4O2. The molecule has 1 atom stereocenters. The van der Waals surface area contributed by atoms with E-state index < -0.39 is 0 Å². The molecule has 1 N–H and O–H groups in total. The highest BCUT2D eigenvalue weighted by Crippen LogP contribution is 2.18. The molecule has 132 valence electrons. The van der Waals surface area contributed by atoms with E-state index in [1.54, 1.807) is 12.5 Å². The van der Waals surface area contributed by atoms with Gasteiger partial charge in [-0.2, -0.15) is 0 Å². The maximum atomic E-state index is 12.1. The van der Waals surface area contributed by atoms with Gasteiger partial charge in [-0.25, -0.2) is 4.98 Å². The van der Waals surface area contributed by atoms with E-state index in [0.717, 1.165) is 37.5 Å². The summed E-state index contributed by atoms with van der Waals surface area (Å²) in [6, 6.07) is 3.85. The summed E-state index contributed by atoms with van der Waals surface area (Å²) in [5, 5.41) is 2.97. The Morgan fingerprint density at radius 1 is 1.44 bits per heavy atom. The van der Waals surface area contributed by atoms with Crippen LogP contribution in [0.2, 0.25) is 0 Å². The SMILES string of the molecule is CC(=Cc1ccco1)CN1CCC(CNC(=O)c2cnc(C)cn2)C1. The van der Waals surface area contributed by atoms with E-state index in [1.165, 1.54) is 11.8 Å². The lowest BCUT2D eigenvalue weighted by molar-refractivity contribution is 0.0942. The van der Waals surface area contributed by atoms with Crippen LogP contribution in [-0.2, 0) is 0 Å². The van der Waals surface area contributed by atoms with E-state index in [1.807, 2.05) is 19.1 Å². The number of hydrogen-bond donors (Lipinski definition) is 1. The monoisotopic (exact) mass is 340 g/mol. The van der Waals surface area contributed by atoms with Crippen LogP contribution in [-0.4, -0.2) is 47.0 Å². The van der Waals surface area contributed by atoms with Gasteiger partial charge >= 0.3 is 0 Å². The van der Waals surface area contributed by atoms with Crippen LogP contribution in [0.5, 0.6) is 0 Å². The van der Waals surface area contributed by atoms with Gasteiger partial charge in [-0.15, -0.1) is 0 Å². The zero-order valence-corrected chi connectivity index (χ0v) is 14.7. The van der Waals surface area contributed by atoms with Crippen LogP contribution in [0, 0.1) is 12.8 Å². The van der Waals surface area contributed by atoms with Crippen molar-refractivity contribution in [1.82, 2.24) is 20.2 Å². The Morgan fingerprint density at radius 3 is 3.04 bits per heavy atom. The number of carbonyl (C=O) groups excluding carboxylic acids is 1. The largest absolute Gasteiger partial charge is 0.465 e. The highest BCUT2D eigenvalue weighted by molar-refractivity contribution is 5.91. The molecule has 2 aromatic rings. The topological polar surface area (TPSA) is 71.3 Å². The fourth-order valence-corrected chi connectivity index (χ4v) is 3.08. The first-order chi connectivity index (χ1) is 12.1. The summed E-state index contributed by atoms with van der Waals surface area (Å²) in [5.74, 6) is 1.21. The number of aromatic nitrogens is 2. The van der Waals surface area contributed by atoms with E-state index in [4.69, 9.17) is 4.42 Å². The second-order valence-electron chi connectivity index (χ2n) is 6.65. The van der Waals surface area contributed by atoms with E-state index in [2.05, 4.69) is 33.2 Å². The number of nitrogens with zero attached hydrogens (tertiary/aromatic N) is 3. The van der Waals surface area contributed by atoms with Crippen molar-refractivity contribution >= 4 is 12.0 Å². The van der Waals surface area contributed by atoms with Gasteiger partial charge in [0.2, 0.25) is 0 Å². The van der Waals surface area contributed by atoms with Crippen LogP contribution in [0.3, 0.4) is 0 Å². The van der Waals surface area contributed by atoms with Crippen molar-refractivity contribution in [1.29, 1.82) is 0 Å². The summed E-state index contributed by atoms with van der Waals surface area (Å²) in [4.78, 5) is 22.7. The van der Waals surface area contributed by atoms with E-state index in [9.17, 15) is 4.79 Å². The van der Waals surface area contributed by atoms with Crippen molar-refractivity contribution in [2.24, 2.45) is 5.92 Å². The minimum atomic E-state index is -0.153. The smallest absolute Gasteiger partial charge is 0.271 e. The zero-order valence-electron chi connectivity index (χ0n) is 14.7. The number of aryl methyl sites for hydroxylation is 1. The molecule has 2 aromatic heterocycles. The number of hydrogen-bond acceptors (Lipinski definition) is 5. The van der Waals surface area contributed by atoms with Crippen LogP contribution in [0.15, 0.2) is 40.8 Å². The quantitative estimate of drug-likeness (QED) is 0.875. The van der Waals surface area contributed by atoms with Gasteiger partial charge in [0, 0.05) is 25.8 Å². The molecule has 0 saturated carbocycles. The van der Waals surface area contributed by atoms with Crippen LogP contribution < -0.4 is 5.32 Å². The maximum absolute atomic E-state index is 12.1. The predicted molar refractivity (Wildman–Crippen MR) is 96.0 cm³/mol. The van der Waals surface area contributed by atoms with Gasteiger partial charge in [0.15, 0.2) is 0 Å². The summed E-state index contributed by atoms with van der Waals surface area (Å²) in [6.45, 7) is 7.61. The molecule has 3 rings (SSSR count). The first-order valence-corrected chi connectivity index (χ1v) is 8.60. The Balaban J connectivity index is 1.43. The predicted octanol–water partition coefficient (Wildman–Crippen LogP) is 2.53. The number of furan rings is 1. The second-order valence-corrected chi connectivity index (χ2v) is 6.65. The normalized spacial score (nSPS) is 18.5. The van der Waals surface area contributed by atoms with Crippen molar-refractivity contribution < 1.29 is 9.21 Å². The average Bonchev–Trinajstić information content (AvgIpc) is 3.25. The highest BCUT2D eigenvalue weighted by atomic mass is 16.3. The Kier molecular flexibility index (Phi) is 5.60. The van der Waals surface area contributed by atoms with Crippen LogP contribution in [0.25, 0.3) is 6.08 Å². The Morgan fingerprint density at radius 2 is 2.32 bits per heavy atom. The summed E-state index contributed by atoms with van der Waals surface area (Å²) in [5.41, 5.74) is 2.45. The average molecular weight is 340 g/mol. The number of nitrogens with one attached hydrogen (secondary N) is 1. The third-order valence-corrected chi connectivity index (χ3v) is 4.34. The molecular weight excluding hydrogens is 316 g/mol. The molecule has 6 heteroatoms. The van der Waals surface area contributed by atoms with Crippen LogP contribution >= 0.6 is 0 Å². The minimum Gasteiger partial charge on any atom is -0.465 e. The van der Waals surface area contributed by atoms with Crippen LogP contribution in [0.4, 0.5) is 0 Å². The first kappa shape index (κ1) is 17.4. The molecule has 0 aliphatic carbocycles. The lowest BCUT2D eigenvalue weighted by atomic mass is 10.1. The number of rotatable bonds is 6. The lowest BCUT2D eigenvalue weighted by Crippen LogP contribution is -2.31.